The Morgan fingerprint density at radius 2 is 2.00 bits per heavy atom. The number of amides is 2. The first-order valence-electron chi connectivity index (χ1n) is 10.7. The van der Waals surface area contributed by atoms with Crippen molar-refractivity contribution in [2.45, 2.75) is 50.9 Å². The zero-order valence-corrected chi connectivity index (χ0v) is 19.0. The van der Waals surface area contributed by atoms with Crippen LogP contribution in [-0.2, 0) is 16.0 Å². The summed E-state index contributed by atoms with van der Waals surface area (Å²) in [7, 11) is 0. The third-order valence-corrected chi connectivity index (χ3v) is 5.85. The van der Waals surface area contributed by atoms with Crippen LogP contribution in [0.5, 0.6) is 0 Å². The molecule has 0 saturated carbocycles. The first-order chi connectivity index (χ1) is 15.7. The summed E-state index contributed by atoms with van der Waals surface area (Å²) in [4.78, 5) is 37.8. The molecule has 2 amide bonds. The van der Waals surface area contributed by atoms with Gasteiger partial charge in [0.05, 0.1) is 6.04 Å². The summed E-state index contributed by atoms with van der Waals surface area (Å²) in [5.41, 5.74) is 0.608. The second-order valence-corrected chi connectivity index (χ2v) is 8.56. The van der Waals surface area contributed by atoms with Crippen LogP contribution >= 0.6 is 12.6 Å². The predicted molar refractivity (Wildman–Crippen MR) is 120 cm³/mol. The second-order valence-electron chi connectivity index (χ2n) is 8.12. The van der Waals surface area contributed by atoms with Crippen molar-refractivity contribution in [2.24, 2.45) is 5.92 Å². The fraction of sp³-hybridized carbons (Fsp3) is 0.455. The minimum Gasteiger partial charge on any atom is -0.378 e. The van der Waals surface area contributed by atoms with Crippen LogP contribution in [-0.4, -0.2) is 52.0 Å². The van der Waals surface area contributed by atoms with Gasteiger partial charge in [0.25, 0.3) is 5.91 Å². The molecule has 1 aliphatic rings. The van der Waals surface area contributed by atoms with Crippen molar-refractivity contribution >= 4 is 29.6 Å². The summed E-state index contributed by atoms with van der Waals surface area (Å²) < 4.78 is 18.2. The van der Waals surface area contributed by atoms with E-state index in [0.29, 0.717) is 24.3 Å². The molecule has 1 aromatic carbocycles. The Hall–Kier alpha value is -2.76. The van der Waals surface area contributed by atoms with Gasteiger partial charge in [0.1, 0.15) is 23.8 Å². The molecule has 0 aliphatic carbocycles. The van der Waals surface area contributed by atoms with E-state index in [2.05, 4.69) is 33.7 Å². The molecule has 11 heteroatoms. The molecule has 0 unspecified atom stereocenters. The number of nitrogens with zero attached hydrogens (tertiary/aromatic N) is 1. The number of carbonyl (C=O) groups is 3. The lowest BCUT2D eigenvalue weighted by molar-refractivity contribution is -0.126. The average molecular weight is 479 g/mol. The Bertz CT molecular complexity index is 983. The van der Waals surface area contributed by atoms with Gasteiger partial charge in [-0.25, -0.2) is 4.39 Å². The molecule has 1 aliphatic heterocycles. The smallest absolute Gasteiger partial charge is 0.274 e. The van der Waals surface area contributed by atoms with Crippen LogP contribution in [0.1, 0.15) is 41.1 Å². The molecule has 0 bridgehead atoms. The number of carbonyl (C=O) groups excluding carboxylic acids is 3. The number of nitrogens with one attached hydrogen (secondary N) is 3. The molecule has 33 heavy (non-hydrogen) atoms. The van der Waals surface area contributed by atoms with Crippen LogP contribution in [0.4, 0.5) is 4.39 Å². The molecule has 3 rings (SSSR count). The van der Waals surface area contributed by atoms with E-state index in [0.717, 1.165) is 6.42 Å². The molecule has 4 atom stereocenters. The van der Waals surface area contributed by atoms with Gasteiger partial charge in [0, 0.05) is 18.4 Å². The van der Waals surface area contributed by atoms with E-state index in [-0.39, 0.29) is 24.5 Å². The fourth-order valence-electron chi connectivity index (χ4n) is 3.75. The molecule has 2 heterocycles. The van der Waals surface area contributed by atoms with Gasteiger partial charge in [-0.1, -0.05) is 17.3 Å². The quantitative estimate of drug-likeness (QED) is 0.341. The molecule has 1 aromatic heterocycles. The van der Waals surface area contributed by atoms with Gasteiger partial charge in [-0.15, -0.1) is 12.6 Å². The molecule has 178 valence electrons. The van der Waals surface area contributed by atoms with E-state index >= 15 is 0 Å². The fourth-order valence-corrected chi connectivity index (χ4v) is 3.92. The van der Waals surface area contributed by atoms with Gasteiger partial charge in [-0.2, -0.15) is 0 Å². The summed E-state index contributed by atoms with van der Waals surface area (Å²) in [5, 5.41) is 21.4. The van der Waals surface area contributed by atoms with Crippen LogP contribution in [0.15, 0.2) is 34.9 Å². The lowest BCUT2D eigenvalue weighted by Gasteiger charge is -2.31. The molecule has 4 N–H and O–H groups in total. The van der Waals surface area contributed by atoms with E-state index in [1.165, 1.54) is 30.3 Å². The minimum atomic E-state index is -1.08. The third-order valence-electron chi connectivity index (χ3n) is 5.54. The Kier molecular flexibility index (Phi) is 8.59. The normalized spacial score (nSPS) is 20.0. The monoisotopic (exact) mass is 478 g/mol. The van der Waals surface area contributed by atoms with Gasteiger partial charge in [-0.3, -0.25) is 19.7 Å². The molecular weight excluding hydrogens is 451 g/mol. The molecular formula is C22H27FN4O5S. The van der Waals surface area contributed by atoms with Crippen molar-refractivity contribution in [3.05, 3.63) is 53.2 Å². The second kappa shape index (κ2) is 11.4. The maximum atomic E-state index is 13.3. The number of halogens is 1. The number of hydrogen-bond donors (Lipinski definition) is 5. The zero-order valence-electron chi connectivity index (χ0n) is 18.1. The number of aliphatic hydroxyl groups is 1. The number of thiol groups is 1. The number of hydrogen-bond acceptors (Lipinski definition) is 7. The minimum absolute atomic E-state index is 0.00244. The van der Waals surface area contributed by atoms with Crippen molar-refractivity contribution in [3.8, 4) is 0 Å². The Morgan fingerprint density at radius 1 is 1.27 bits per heavy atom. The summed E-state index contributed by atoms with van der Waals surface area (Å²) in [6.07, 6.45) is 1.00. The van der Waals surface area contributed by atoms with Crippen molar-refractivity contribution < 1.29 is 28.4 Å². The number of benzene rings is 1. The van der Waals surface area contributed by atoms with Crippen molar-refractivity contribution in [3.63, 3.8) is 0 Å². The molecule has 0 spiro atoms. The standard InChI is InChI=1S/C22H27FN4O5S/c1-12-9-17(27-32-12)21(30)25-16(10-13-4-6-15(23)7-5-13)20(29)26-18(22(31)33)11-14-3-2-8-24-19(14)28/h4-7,9,14,16,18-19,24,28H,2-3,8,10-11H2,1H3,(H,25,30)(H,26,29)(H,31,33)/t14-,16-,18-,19-/m0/s1. The number of aryl methyl sites for hydroxylation is 1. The lowest BCUT2D eigenvalue weighted by Crippen LogP contribution is -2.53. The number of piperidine rings is 1. The SMILES string of the molecule is Cc1cc(C(=O)N[C@@H](Cc2ccc(F)cc2)C(=O)N[C@@H](C[C@@H]2CCCN[C@H]2O)C(=O)S)no1. The summed E-state index contributed by atoms with van der Waals surface area (Å²) in [6.45, 7) is 2.31. The van der Waals surface area contributed by atoms with Crippen LogP contribution in [0.25, 0.3) is 0 Å². The van der Waals surface area contributed by atoms with Gasteiger partial charge in [-0.05, 0) is 50.4 Å². The maximum Gasteiger partial charge on any atom is 0.274 e. The van der Waals surface area contributed by atoms with Crippen molar-refractivity contribution in [1.82, 2.24) is 21.1 Å². The summed E-state index contributed by atoms with van der Waals surface area (Å²) >= 11 is 3.90. The largest absolute Gasteiger partial charge is 0.378 e. The van der Waals surface area contributed by atoms with Gasteiger partial charge >= 0.3 is 0 Å². The highest BCUT2D eigenvalue weighted by molar-refractivity contribution is 7.96. The predicted octanol–water partition coefficient (Wildman–Crippen LogP) is 1.11. The van der Waals surface area contributed by atoms with E-state index in [1.807, 2.05) is 0 Å². The number of aliphatic hydroxyl groups excluding tert-OH is 1. The van der Waals surface area contributed by atoms with Crippen molar-refractivity contribution in [1.29, 1.82) is 0 Å². The Balaban J connectivity index is 1.74. The van der Waals surface area contributed by atoms with Gasteiger partial charge in [0.15, 0.2) is 5.69 Å². The van der Waals surface area contributed by atoms with Gasteiger partial charge in [0.2, 0.25) is 11.0 Å². The highest BCUT2D eigenvalue weighted by atomic mass is 32.1. The van der Waals surface area contributed by atoms with E-state index in [1.54, 1.807) is 6.92 Å². The van der Waals surface area contributed by atoms with E-state index < -0.39 is 41.1 Å². The summed E-state index contributed by atoms with van der Waals surface area (Å²) in [6, 6.07) is 4.92. The first-order valence-corrected chi connectivity index (χ1v) is 11.1. The average Bonchev–Trinajstić information content (AvgIpc) is 3.22. The third kappa shape index (κ3) is 7.11. The van der Waals surface area contributed by atoms with Crippen LogP contribution in [0.2, 0.25) is 0 Å². The molecule has 9 nitrogen and oxygen atoms in total. The molecule has 0 radical (unpaired) electrons. The van der Waals surface area contributed by atoms with Crippen LogP contribution < -0.4 is 16.0 Å². The number of rotatable bonds is 9. The summed E-state index contributed by atoms with van der Waals surface area (Å²) in [5.74, 6) is -1.47. The molecule has 1 fully saturated rings. The van der Waals surface area contributed by atoms with E-state index in [9.17, 15) is 23.9 Å². The van der Waals surface area contributed by atoms with E-state index in [4.69, 9.17) is 4.52 Å². The zero-order chi connectivity index (χ0) is 24.0. The highest BCUT2D eigenvalue weighted by Gasteiger charge is 2.31. The molecule has 1 saturated heterocycles. The van der Waals surface area contributed by atoms with Gasteiger partial charge < -0.3 is 20.3 Å². The topological polar surface area (TPSA) is 134 Å². The van der Waals surface area contributed by atoms with Crippen LogP contribution in [0.3, 0.4) is 0 Å². The Labute approximate surface area is 195 Å². The first kappa shape index (κ1) is 24.9. The van der Waals surface area contributed by atoms with Crippen LogP contribution in [0, 0.1) is 18.7 Å². The maximum absolute atomic E-state index is 13.3. The molecule has 2 aromatic rings. The lowest BCUT2D eigenvalue weighted by atomic mass is 9.90. The van der Waals surface area contributed by atoms with Crippen molar-refractivity contribution in [2.75, 3.05) is 6.54 Å². The highest BCUT2D eigenvalue weighted by Crippen LogP contribution is 2.21. The Morgan fingerprint density at radius 3 is 2.61 bits per heavy atom. The number of aromatic nitrogens is 1.